The summed E-state index contributed by atoms with van der Waals surface area (Å²) in [6, 6.07) is 14.3. The molecule has 2 heterocycles. The second kappa shape index (κ2) is 15.8. The summed E-state index contributed by atoms with van der Waals surface area (Å²) in [6.45, 7) is 13.4. The van der Waals surface area contributed by atoms with Crippen molar-refractivity contribution in [3.8, 4) is 16.9 Å². The van der Waals surface area contributed by atoms with Crippen molar-refractivity contribution in [2.24, 2.45) is 5.41 Å². The number of aromatic nitrogens is 1. The van der Waals surface area contributed by atoms with Crippen molar-refractivity contribution in [3.05, 3.63) is 76.9 Å². The van der Waals surface area contributed by atoms with Crippen LogP contribution in [0.3, 0.4) is 0 Å². The number of aryl methyl sites for hydroxylation is 1. The third-order valence-electron chi connectivity index (χ3n) is 9.52. The van der Waals surface area contributed by atoms with E-state index < -0.39 is 17.7 Å². The Bertz CT molecular complexity index is 1510. The Morgan fingerprint density at radius 1 is 0.979 bits per heavy atom. The minimum Gasteiger partial charge on any atom is -0.493 e. The SMILES string of the molecule is CCOCCOCc1nc(C)c([C@H](OC(C)(C)C)C(=O)O)c(N2CCC3(CCC3)CC2)c1-c1ccc(OCCc2ccc(F)cc2)cc1. The van der Waals surface area contributed by atoms with Crippen LogP contribution >= 0.6 is 0 Å². The molecular formula is C39H51FN2O6. The standard InChI is InChI=1S/C39H51FN2O6/c1-6-45-24-25-46-26-32-34(29-10-14-31(15-11-29)47-23-16-28-8-12-30(40)13-9-28)35(42-21-19-39(20-22-42)17-7-18-39)33(27(2)41-32)36(37(43)44)48-38(3,4)5/h8-15,36H,6-7,16-26H2,1-5H3,(H,43,44)/t36-/m0/s1. The topological polar surface area (TPSA) is 90.3 Å². The van der Waals surface area contributed by atoms with Crippen LogP contribution in [0.4, 0.5) is 10.1 Å². The number of rotatable bonds is 15. The van der Waals surface area contributed by atoms with Crippen molar-refractivity contribution in [1.29, 1.82) is 0 Å². The zero-order chi connectivity index (χ0) is 34.3. The zero-order valence-corrected chi connectivity index (χ0v) is 29.1. The van der Waals surface area contributed by atoms with Gasteiger partial charge in [-0.15, -0.1) is 0 Å². The molecule has 3 aromatic rings. The predicted octanol–water partition coefficient (Wildman–Crippen LogP) is 8.08. The van der Waals surface area contributed by atoms with Crippen LogP contribution < -0.4 is 9.64 Å². The van der Waals surface area contributed by atoms with E-state index in [0.29, 0.717) is 55.3 Å². The van der Waals surface area contributed by atoms with Crippen LogP contribution in [-0.2, 0) is 32.0 Å². The molecule has 1 aliphatic carbocycles. The summed E-state index contributed by atoms with van der Waals surface area (Å²) in [7, 11) is 0. The number of hydrogen-bond acceptors (Lipinski definition) is 7. The summed E-state index contributed by atoms with van der Waals surface area (Å²) in [5.74, 6) is -0.587. The fraction of sp³-hybridized carbons (Fsp3) is 0.538. The number of hydrogen-bond donors (Lipinski definition) is 1. The molecule has 1 N–H and O–H groups in total. The van der Waals surface area contributed by atoms with E-state index in [9.17, 15) is 14.3 Å². The molecule has 1 aromatic heterocycles. The molecule has 1 saturated carbocycles. The van der Waals surface area contributed by atoms with E-state index in [4.69, 9.17) is 23.9 Å². The van der Waals surface area contributed by atoms with Crippen molar-refractivity contribution in [2.75, 3.05) is 44.4 Å². The molecule has 2 aromatic carbocycles. The van der Waals surface area contributed by atoms with Gasteiger partial charge in [0.2, 0.25) is 0 Å². The maximum atomic E-state index is 13.3. The van der Waals surface area contributed by atoms with Gasteiger partial charge >= 0.3 is 5.97 Å². The van der Waals surface area contributed by atoms with E-state index in [2.05, 4.69) is 4.90 Å². The normalized spacial score (nSPS) is 16.5. The first-order chi connectivity index (χ1) is 23.0. The highest BCUT2D eigenvalue weighted by Crippen LogP contribution is 2.51. The zero-order valence-electron chi connectivity index (χ0n) is 29.1. The number of carboxylic acid groups (broad SMARTS) is 1. The number of carbonyl (C=O) groups is 1. The maximum absolute atomic E-state index is 13.3. The molecule has 2 fully saturated rings. The van der Waals surface area contributed by atoms with E-state index in [1.807, 2.05) is 58.9 Å². The average Bonchev–Trinajstić information content (AvgIpc) is 3.03. The highest BCUT2D eigenvalue weighted by atomic mass is 19.1. The van der Waals surface area contributed by atoms with Crippen LogP contribution in [0.15, 0.2) is 48.5 Å². The predicted molar refractivity (Wildman–Crippen MR) is 185 cm³/mol. The lowest BCUT2D eigenvalue weighted by atomic mass is 9.63. The first-order valence-corrected chi connectivity index (χ1v) is 17.3. The Hall–Kier alpha value is -3.53. The monoisotopic (exact) mass is 662 g/mol. The van der Waals surface area contributed by atoms with Crippen LogP contribution in [0, 0.1) is 18.2 Å². The van der Waals surface area contributed by atoms with Gasteiger partial charge in [0.1, 0.15) is 11.6 Å². The smallest absolute Gasteiger partial charge is 0.337 e. The van der Waals surface area contributed by atoms with Crippen molar-refractivity contribution < 1.29 is 33.2 Å². The summed E-state index contributed by atoms with van der Waals surface area (Å²) in [6.07, 6.45) is 5.42. The minimum atomic E-state index is -1.20. The van der Waals surface area contributed by atoms with Crippen LogP contribution in [0.2, 0.25) is 0 Å². The molecule has 48 heavy (non-hydrogen) atoms. The fourth-order valence-corrected chi connectivity index (χ4v) is 6.87. The molecule has 260 valence electrons. The quantitative estimate of drug-likeness (QED) is 0.163. The van der Waals surface area contributed by atoms with E-state index in [1.165, 1.54) is 31.4 Å². The van der Waals surface area contributed by atoms with Crippen LogP contribution in [0.1, 0.15) is 88.4 Å². The molecule has 5 rings (SSSR count). The second-order valence-electron chi connectivity index (χ2n) is 14.1. The molecule has 1 spiro atoms. The first kappa shape index (κ1) is 35.8. The van der Waals surface area contributed by atoms with E-state index in [-0.39, 0.29) is 12.4 Å². The lowest BCUT2D eigenvalue weighted by Gasteiger charge is -2.49. The number of ether oxygens (including phenoxy) is 4. The van der Waals surface area contributed by atoms with Crippen molar-refractivity contribution in [3.63, 3.8) is 0 Å². The highest BCUT2D eigenvalue weighted by Gasteiger charge is 2.42. The van der Waals surface area contributed by atoms with E-state index in [1.54, 1.807) is 12.1 Å². The number of halogens is 1. The minimum absolute atomic E-state index is 0.252. The molecular weight excluding hydrogens is 611 g/mol. The largest absolute Gasteiger partial charge is 0.493 e. The molecule has 0 amide bonds. The molecule has 0 bridgehead atoms. The Morgan fingerprint density at radius 2 is 1.65 bits per heavy atom. The van der Waals surface area contributed by atoms with Crippen LogP contribution in [0.25, 0.3) is 11.1 Å². The number of carboxylic acids is 1. The molecule has 9 heteroatoms. The van der Waals surface area contributed by atoms with E-state index >= 15 is 0 Å². The summed E-state index contributed by atoms with van der Waals surface area (Å²) in [4.78, 5) is 20.3. The van der Waals surface area contributed by atoms with Gasteiger partial charge in [0.25, 0.3) is 0 Å². The Kier molecular flexibility index (Phi) is 11.8. The van der Waals surface area contributed by atoms with Gasteiger partial charge in [-0.1, -0.05) is 30.7 Å². The summed E-state index contributed by atoms with van der Waals surface area (Å²) >= 11 is 0. The third kappa shape index (κ3) is 8.92. The van der Waals surface area contributed by atoms with Crippen LogP contribution in [0.5, 0.6) is 5.75 Å². The molecule has 0 unspecified atom stereocenters. The van der Waals surface area contributed by atoms with Gasteiger partial charge in [-0.05, 0) is 101 Å². The summed E-state index contributed by atoms with van der Waals surface area (Å²) < 4.78 is 37.2. The highest BCUT2D eigenvalue weighted by molar-refractivity contribution is 5.88. The maximum Gasteiger partial charge on any atom is 0.337 e. The molecule has 8 nitrogen and oxygen atoms in total. The molecule has 0 radical (unpaired) electrons. The Balaban J connectivity index is 1.54. The van der Waals surface area contributed by atoms with Crippen molar-refractivity contribution >= 4 is 11.7 Å². The molecule has 1 atom stereocenters. The Morgan fingerprint density at radius 3 is 2.23 bits per heavy atom. The van der Waals surface area contributed by atoms with Gasteiger partial charge in [0.15, 0.2) is 6.10 Å². The molecule has 2 aliphatic rings. The van der Waals surface area contributed by atoms with Crippen molar-refractivity contribution in [2.45, 2.75) is 91.5 Å². The van der Waals surface area contributed by atoms with Gasteiger partial charge < -0.3 is 29.0 Å². The number of benzene rings is 2. The van der Waals surface area contributed by atoms with Crippen LogP contribution in [-0.4, -0.2) is 61.2 Å². The lowest BCUT2D eigenvalue weighted by molar-refractivity contribution is -0.160. The number of anilines is 1. The average molecular weight is 663 g/mol. The fourth-order valence-electron chi connectivity index (χ4n) is 6.87. The van der Waals surface area contributed by atoms with Gasteiger partial charge in [0.05, 0.1) is 43.4 Å². The number of nitrogens with zero attached hydrogens (tertiary/aromatic N) is 2. The second-order valence-corrected chi connectivity index (χ2v) is 14.1. The number of pyridine rings is 1. The lowest BCUT2D eigenvalue weighted by Crippen LogP contribution is -2.44. The summed E-state index contributed by atoms with van der Waals surface area (Å²) in [5, 5.41) is 10.6. The van der Waals surface area contributed by atoms with Gasteiger partial charge in [-0.3, -0.25) is 4.98 Å². The van der Waals surface area contributed by atoms with Gasteiger partial charge in [-0.25, -0.2) is 9.18 Å². The Labute approximate surface area is 284 Å². The third-order valence-corrected chi connectivity index (χ3v) is 9.52. The van der Waals surface area contributed by atoms with Crippen molar-refractivity contribution in [1.82, 2.24) is 4.98 Å². The molecule has 1 saturated heterocycles. The number of aliphatic carboxylic acids is 1. The molecule has 1 aliphatic heterocycles. The summed E-state index contributed by atoms with van der Waals surface area (Å²) in [5.41, 5.74) is 5.30. The van der Waals surface area contributed by atoms with Gasteiger partial charge in [0, 0.05) is 42.9 Å². The number of piperidine rings is 1. The van der Waals surface area contributed by atoms with Gasteiger partial charge in [-0.2, -0.15) is 0 Å². The van der Waals surface area contributed by atoms with E-state index in [0.717, 1.165) is 54.0 Å². The first-order valence-electron chi connectivity index (χ1n) is 17.3.